The van der Waals surface area contributed by atoms with E-state index in [9.17, 15) is 9.59 Å². The van der Waals surface area contributed by atoms with E-state index in [1.165, 1.54) is 27.2 Å². The molecule has 0 fully saturated rings. The highest BCUT2D eigenvalue weighted by molar-refractivity contribution is 6.39. The Bertz CT molecular complexity index is 958. The van der Waals surface area contributed by atoms with Gasteiger partial charge in [-0.2, -0.15) is 10.2 Å². The molecule has 0 heterocycles. The van der Waals surface area contributed by atoms with Crippen LogP contribution in [0.4, 0.5) is 11.4 Å². The van der Waals surface area contributed by atoms with Gasteiger partial charge in [0.05, 0.1) is 38.8 Å². The molecule has 0 saturated heterocycles. The number of hydrogen-bond donors (Lipinski definition) is 0. The van der Waals surface area contributed by atoms with Gasteiger partial charge in [0.2, 0.25) is 6.04 Å². The van der Waals surface area contributed by atoms with Crippen LogP contribution in [-0.2, 0) is 9.59 Å². The first-order valence-electron chi connectivity index (χ1n) is 9.88. The highest BCUT2D eigenvalue weighted by atomic mass is 35.5. The van der Waals surface area contributed by atoms with E-state index in [1.54, 1.807) is 30.3 Å². The highest BCUT2D eigenvalue weighted by Crippen LogP contribution is 2.33. The zero-order valence-corrected chi connectivity index (χ0v) is 19.4. The first kappa shape index (κ1) is 24.9. The quantitative estimate of drug-likeness (QED) is 0.271. The van der Waals surface area contributed by atoms with Crippen molar-refractivity contribution in [3.05, 3.63) is 36.4 Å². The van der Waals surface area contributed by atoms with Gasteiger partial charge >= 0.3 is 0 Å². The number of methoxy groups -OCH3 is 2. The van der Waals surface area contributed by atoms with E-state index in [1.807, 2.05) is 13.8 Å². The molecule has 9 nitrogen and oxygen atoms in total. The van der Waals surface area contributed by atoms with Crippen molar-refractivity contribution in [3.63, 3.8) is 0 Å². The monoisotopic (exact) mass is 463 g/mol. The second kappa shape index (κ2) is 11.9. The van der Waals surface area contributed by atoms with Crippen LogP contribution in [0, 0.1) is 0 Å². The van der Waals surface area contributed by atoms with Crippen LogP contribution in [-0.4, -0.2) is 45.2 Å². The van der Waals surface area contributed by atoms with Gasteiger partial charge in [0.15, 0.2) is 17.3 Å². The van der Waals surface area contributed by atoms with Crippen LogP contribution in [0.15, 0.2) is 46.6 Å². The molecule has 2 aromatic rings. The average Bonchev–Trinajstić information content (AvgIpc) is 2.78. The first-order chi connectivity index (χ1) is 15.3. The van der Waals surface area contributed by atoms with Gasteiger partial charge in [0, 0.05) is 36.0 Å². The molecule has 2 rings (SSSR count). The van der Waals surface area contributed by atoms with E-state index in [0.717, 1.165) is 4.42 Å². The van der Waals surface area contributed by atoms with E-state index >= 15 is 0 Å². The van der Waals surface area contributed by atoms with Crippen molar-refractivity contribution in [1.82, 2.24) is 0 Å². The summed E-state index contributed by atoms with van der Waals surface area (Å²) in [6.07, 6.45) is 0. The fourth-order valence-corrected chi connectivity index (χ4v) is 2.92. The summed E-state index contributed by atoms with van der Waals surface area (Å²) in [5.41, 5.74) is 0.651. The van der Waals surface area contributed by atoms with E-state index < -0.39 is 17.7 Å². The van der Waals surface area contributed by atoms with Crippen molar-refractivity contribution >= 4 is 34.8 Å². The SMILES string of the molecule is CCOc1cc(N=NC(C(C)=O)C(=O)N(Cl)c2ccc(OC)c(OC)c2)cc(OCC)c1. The molecule has 0 saturated carbocycles. The summed E-state index contributed by atoms with van der Waals surface area (Å²) in [6, 6.07) is 8.20. The lowest BCUT2D eigenvalue weighted by atomic mass is 10.2. The number of carbonyl (C=O) groups excluding carboxylic acids is 2. The minimum Gasteiger partial charge on any atom is -0.494 e. The summed E-state index contributed by atoms with van der Waals surface area (Å²) in [5.74, 6) is 0.623. The Morgan fingerprint density at radius 1 is 0.969 bits per heavy atom. The molecule has 32 heavy (non-hydrogen) atoms. The molecule has 1 amide bonds. The van der Waals surface area contributed by atoms with Crippen LogP contribution in [0.1, 0.15) is 20.8 Å². The molecule has 172 valence electrons. The number of Topliss-reactive ketones (excluding diaryl/α,β-unsaturated/α-hetero) is 1. The third-order valence-electron chi connectivity index (χ3n) is 4.18. The molecule has 0 aliphatic carbocycles. The third kappa shape index (κ3) is 6.34. The van der Waals surface area contributed by atoms with Crippen molar-refractivity contribution in [2.24, 2.45) is 10.2 Å². The number of amides is 1. The zero-order chi connectivity index (χ0) is 23.7. The molecule has 1 unspecified atom stereocenters. The first-order valence-corrected chi connectivity index (χ1v) is 10.2. The van der Waals surface area contributed by atoms with Gasteiger partial charge in [-0.1, -0.05) is 0 Å². The van der Waals surface area contributed by atoms with Crippen LogP contribution >= 0.6 is 11.8 Å². The number of hydrogen-bond acceptors (Lipinski definition) is 8. The second-order valence-corrected chi connectivity index (χ2v) is 6.75. The molecule has 0 N–H and O–H groups in total. The number of nitrogens with zero attached hydrogens (tertiary/aromatic N) is 3. The number of ether oxygens (including phenoxy) is 4. The number of azo groups is 1. The second-order valence-electron chi connectivity index (χ2n) is 6.42. The number of rotatable bonds is 11. The van der Waals surface area contributed by atoms with Gasteiger partial charge < -0.3 is 18.9 Å². The third-order valence-corrected chi connectivity index (χ3v) is 4.54. The maximum atomic E-state index is 12.9. The standard InChI is InChI=1S/C22H26ClN3O6/c1-6-31-17-10-15(11-18(13-17)32-7-2)24-25-21(14(3)27)22(28)26(23)16-8-9-19(29-4)20(12-16)30-5/h8-13,21H,6-7H2,1-5H3. The molecule has 0 aliphatic heterocycles. The van der Waals surface area contributed by atoms with Crippen LogP contribution in [0.25, 0.3) is 0 Å². The average molecular weight is 464 g/mol. The van der Waals surface area contributed by atoms with Gasteiger partial charge in [-0.3, -0.25) is 9.59 Å². The van der Waals surface area contributed by atoms with Crippen LogP contribution < -0.4 is 23.4 Å². The Morgan fingerprint density at radius 3 is 2.06 bits per heavy atom. The van der Waals surface area contributed by atoms with Crippen molar-refractivity contribution in [2.75, 3.05) is 31.9 Å². The van der Waals surface area contributed by atoms with E-state index in [0.29, 0.717) is 41.9 Å². The maximum Gasteiger partial charge on any atom is 0.276 e. The topological polar surface area (TPSA) is 99.0 Å². The number of anilines is 1. The molecular formula is C22H26ClN3O6. The molecule has 1 atom stereocenters. The van der Waals surface area contributed by atoms with Crippen LogP contribution in [0.2, 0.25) is 0 Å². The van der Waals surface area contributed by atoms with Gasteiger partial charge in [-0.15, -0.1) is 0 Å². The van der Waals surface area contributed by atoms with Crippen molar-refractivity contribution in [1.29, 1.82) is 0 Å². The molecule has 0 aliphatic rings. The Hall–Kier alpha value is -3.33. The Morgan fingerprint density at radius 2 is 1.56 bits per heavy atom. The lowest BCUT2D eigenvalue weighted by molar-refractivity contribution is -0.126. The number of benzene rings is 2. The minimum atomic E-state index is -1.44. The lowest BCUT2D eigenvalue weighted by Crippen LogP contribution is -2.36. The largest absolute Gasteiger partial charge is 0.494 e. The molecular weight excluding hydrogens is 438 g/mol. The van der Waals surface area contributed by atoms with Crippen LogP contribution in [0.3, 0.4) is 0 Å². The van der Waals surface area contributed by atoms with Crippen molar-refractivity contribution < 1.29 is 28.5 Å². The fourth-order valence-electron chi connectivity index (χ4n) is 2.73. The fraction of sp³-hybridized carbons (Fsp3) is 0.364. The smallest absolute Gasteiger partial charge is 0.276 e. The summed E-state index contributed by atoms with van der Waals surface area (Å²) >= 11 is 6.23. The Kier molecular flexibility index (Phi) is 9.27. The highest BCUT2D eigenvalue weighted by Gasteiger charge is 2.29. The van der Waals surface area contributed by atoms with Crippen molar-refractivity contribution in [2.45, 2.75) is 26.8 Å². The molecule has 10 heteroatoms. The van der Waals surface area contributed by atoms with E-state index in [4.69, 9.17) is 30.7 Å². The van der Waals surface area contributed by atoms with E-state index in [-0.39, 0.29) is 5.69 Å². The Balaban J connectivity index is 2.31. The summed E-state index contributed by atoms with van der Waals surface area (Å²) < 4.78 is 22.2. The Labute approximate surface area is 192 Å². The summed E-state index contributed by atoms with van der Waals surface area (Å²) in [7, 11) is 2.95. The van der Waals surface area contributed by atoms with Gasteiger partial charge in [0.1, 0.15) is 11.5 Å². The summed E-state index contributed by atoms with van der Waals surface area (Å²) in [6.45, 7) is 5.84. The van der Waals surface area contributed by atoms with Gasteiger partial charge in [-0.05, 0) is 32.9 Å². The maximum absolute atomic E-state index is 12.9. The molecule has 0 radical (unpaired) electrons. The number of halogens is 1. The van der Waals surface area contributed by atoms with Crippen molar-refractivity contribution in [3.8, 4) is 23.0 Å². The predicted octanol–water partition coefficient (Wildman–Crippen LogP) is 4.73. The number of carbonyl (C=O) groups is 2. The lowest BCUT2D eigenvalue weighted by Gasteiger charge is -2.18. The zero-order valence-electron chi connectivity index (χ0n) is 18.6. The minimum absolute atomic E-state index is 0.285. The van der Waals surface area contributed by atoms with E-state index in [2.05, 4.69) is 10.2 Å². The predicted molar refractivity (Wildman–Crippen MR) is 121 cm³/mol. The molecule has 0 spiro atoms. The van der Waals surface area contributed by atoms with Crippen LogP contribution in [0.5, 0.6) is 23.0 Å². The molecule has 0 aromatic heterocycles. The molecule has 0 bridgehead atoms. The van der Waals surface area contributed by atoms with Gasteiger partial charge in [-0.25, -0.2) is 4.42 Å². The summed E-state index contributed by atoms with van der Waals surface area (Å²) in [4.78, 5) is 25.0. The van der Waals surface area contributed by atoms with Gasteiger partial charge in [0.25, 0.3) is 5.91 Å². The normalized spacial score (nSPS) is 11.7. The number of ketones is 1. The molecule has 2 aromatic carbocycles. The summed E-state index contributed by atoms with van der Waals surface area (Å²) in [5, 5.41) is 8.02.